The highest BCUT2D eigenvalue weighted by Gasteiger charge is 2.61. The Morgan fingerprint density at radius 3 is 2.31 bits per heavy atom. The van der Waals surface area contributed by atoms with E-state index in [4.69, 9.17) is 0 Å². The summed E-state index contributed by atoms with van der Waals surface area (Å²) in [5.41, 5.74) is -1.07. The van der Waals surface area contributed by atoms with E-state index < -0.39 is 23.8 Å². The normalized spacial score (nSPS) is 33.5. The van der Waals surface area contributed by atoms with Crippen molar-refractivity contribution in [1.29, 1.82) is 0 Å². The Morgan fingerprint density at radius 1 is 1.54 bits per heavy atom. The second-order valence-corrected chi connectivity index (χ2v) is 3.78. The number of hydrogen-bond donors (Lipinski definition) is 2. The molecule has 1 fully saturated rings. The summed E-state index contributed by atoms with van der Waals surface area (Å²) < 4.78 is 4.68. The topological polar surface area (TPSA) is 70.1 Å². The van der Waals surface area contributed by atoms with Gasteiger partial charge in [0, 0.05) is 5.92 Å². The fourth-order valence-electron chi connectivity index (χ4n) is 1.43. The van der Waals surface area contributed by atoms with Gasteiger partial charge in [0.2, 0.25) is 5.60 Å². The highest BCUT2D eigenvalue weighted by Crippen LogP contribution is 2.36. The van der Waals surface area contributed by atoms with Crippen LogP contribution >= 0.6 is 0 Å². The minimum absolute atomic E-state index is 0.346. The molecule has 4 nitrogen and oxygen atoms in total. The second-order valence-electron chi connectivity index (χ2n) is 3.78. The molecular weight excluding hydrogens is 172 g/mol. The molecule has 76 valence electrons. The van der Waals surface area contributed by atoms with Gasteiger partial charge in [-0.2, -0.15) is 0 Å². The molecule has 0 aromatic rings. The third-order valence-corrected chi connectivity index (χ3v) is 2.76. The molecule has 4 heteroatoms. The zero-order chi connectivity index (χ0) is 10.2. The summed E-state index contributed by atoms with van der Waals surface area (Å²) in [6.45, 7) is 5.07. The predicted octanol–water partition coefficient (Wildman–Crippen LogP) is 0.0698. The molecule has 0 aromatic heterocycles. The lowest BCUT2D eigenvalue weighted by Gasteiger charge is -2.23. The molecule has 2 N–H and O–H groups in total. The molecule has 0 spiro atoms. The van der Waals surface area contributed by atoms with Gasteiger partial charge in [-0.1, -0.05) is 13.8 Å². The number of rotatable bonds is 4. The molecule has 0 saturated carbocycles. The summed E-state index contributed by atoms with van der Waals surface area (Å²) >= 11 is 0. The number of carbonyl (C=O) groups excluding carboxylic acids is 1. The van der Waals surface area contributed by atoms with Gasteiger partial charge in [-0.15, -0.1) is 0 Å². The van der Waals surface area contributed by atoms with Gasteiger partial charge in [0.05, 0.1) is 6.10 Å². The van der Waals surface area contributed by atoms with Crippen LogP contribution in [0.15, 0.2) is 0 Å². The minimum atomic E-state index is -1.07. The zero-order valence-electron chi connectivity index (χ0n) is 8.15. The monoisotopic (exact) mass is 188 g/mol. The fraction of sp³-hybridized carbons (Fsp3) is 0.889. The van der Waals surface area contributed by atoms with Crippen molar-refractivity contribution >= 4 is 5.97 Å². The lowest BCUT2D eigenvalue weighted by molar-refractivity contribution is -0.117. The van der Waals surface area contributed by atoms with Gasteiger partial charge in [0.15, 0.2) is 0 Å². The molecule has 0 bridgehead atoms. The molecule has 4 atom stereocenters. The summed E-state index contributed by atoms with van der Waals surface area (Å²) in [7, 11) is 0. The van der Waals surface area contributed by atoms with E-state index in [1.165, 1.54) is 0 Å². The van der Waals surface area contributed by atoms with Crippen LogP contribution in [-0.4, -0.2) is 34.0 Å². The molecule has 0 radical (unpaired) electrons. The van der Waals surface area contributed by atoms with Gasteiger partial charge in [-0.05, 0) is 13.3 Å². The third-order valence-electron chi connectivity index (χ3n) is 2.76. The Bertz CT molecular complexity index is 216. The second kappa shape index (κ2) is 3.27. The Labute approximate surface area is 77.5 Å². The first-order valence-corrected chi connectivity index (χ1v) is 4.53. The number of hydrogen-bond acceptors (Lipinski definition) is 4. The van der Waals surface area contributed by atoms with E-state index in [0.29, 0.717) is 6.42 Å². The van der Waals surface area contributed by atoms with Gasteiger partial charge in [0.25, 0.3) is 0 Å². The minimum Gasteiger partial charge on any atom is -0.441 e. The molecule has 0 unspecified atom stereocenters. The molecule has 1 saturated heterocycles. The lowest BCUT2D eigenvalue weighted by Crippen LogP contribution is -2.39. The van der Waals surface area contributed by atoms with Crippen molar-refractivity contribution < 1.29 is 19.7 Å². The molecule has 1 heterocycles. The van der Waals surface area contributed by atoms with Crippen molar-refractivity contribution in [3.05, 3.63) is 0 Å². The largest absolute Gasteiger partial charge is 0.441 e. The van der Waals surface area contributed by atoms with Crippen molar-refractivity contribution in [2.75, 3.05) is 0 Å². The van der Waals surface area contributed by atoms with E-state index in [9.17, 15) is 15.0 Å². The molecule has 0 amide bonds. The molecular formula is C9H16O4. The SMILES string of the molecule is CC[C@@H](O)[C@H](C)[C@@H](O)[C@@]1(C)OC1=O. The summed E-state index contributed by atoms with van der Waals surface area (Å²) in [6, 6.07) is 0. The van der Waals surface area contributed by atoms with E-state index >= 15 is 0 Å². The maximum atomic E-state index is 10.8. The van der Waals surface area contributed by atoms with Crippen molar-refractivity contribution in [1.82, 2.24) is 0 Å². The van der Waals surface area contributed by atoms with Crippen molar-refractivity contribution in [2.24, 2.45) is 5.92 Å². The van der Waals surface area contributed by atoms with Crippen molar-refractivity contribution in [3.8, 4) is 0 Å². The summed E-state index contributed by atoms with van der Waals surface area (Å²) in [5, 5.41) is 19.1. The highest BCUT2D eigenvalue weighted by atomic mass is 16.7. The van der Waals surface area contributed by atoms with Crippen molar-refractivity contribution in [2.45, 2.75) is 45.0 Å². The average molecular weight is 188 g/mol. The number of aliphatic hydroxyl groups excluding tert-OH is 2. The fourth-order valence-corrected chi connectivity index (χ4v) is 1.43. The Kier molecular flexibility index (Phi) is 2.63. The van der Waals surface area contributed by atoms with E-state index in [2.05, 4.69) is 4.74 Å². The summed E-state index contributed by atoms with van der Waals surface area (Å²) in [6.07, 6.45) is -0.957. The van der Waals surface area contributed by atoms with Crippen LogP contribution in [0.3, 0.4) is 0 Å². The number of aliphatic hydroxyl groups is 2. The van der Waals surface area contributed by atoms with Crippen LogP contribution in [-0.2, 0) is 9.53 Å². The first-order chi connectivity index (χ1) is 5.93. The van der Waals surface area contributed by atoms with E-state index in [1.807, 2.05) is 6.92 Å². The van der Waals surface area contributed by atoms with Crippen LogP contribution < -0.4 is 0 Å². The number of epoxide rings is 1. The number of ether oxygens (including phenoxy) is 1. The quantitative estimate of drug-likeness (QED) is 0.612. The van der Waals surface area contributed by atoms with Crippen LogP contribution in [0.2, 0.25) is 0 Å². The van der Waals surface area contributed by atoms with Crippen LogP contribution in [0.4, 0.5) is 0 Å². The molecule has 13 heavy (non-hydrogen) atoms. The Hall–Kier alpha value is -0.610. The maximum absolute atomic E-state index is 10.8. The summed E-state index contributed by atoms with van der Waals surface area (Å²) in [5.74, 6) is -0.739. The highest BCUT2D eigenvalue weighted by molar-refractivity contribution is 5.93. The van der Waals surface area contributed by atoms with Crippen LogP contribution in [0.1, 0.15) is 27.2 Å². The summed E-state index contributed by atoms with van der Waals surface area (Å²) in [4.78, 5) is 10.8. The molecule has 1 aliphatic heterocycles. The Morgan fingerprint density at radius 2 is 2.00 bits per heavy atom. The zero-order valence-corrected chi connectivity index (χ0v) is 8.15. The number of cyclic esters (lactones) is 1. The van der Waals surface area contributed by atoms with Crippen LogP contribution in [0.5, 0.6) is 0 Å². The first-order valence-electron chi connectivity index (χ1n) is 4.53. The molecule has 0 aromatic carbocycles. The van der Waals surface area contributed by atoms with Gasteiger partial charge in [-0.25, -0.2) is 4.79 Å². The van der Waals surface area contributed by atoms with E-state index in [1.54, 1.807) is 13.8 Å². The molecule has 1 rings (SSSR count). The van der Waals surface area contributed by atoms with Gasteiger partial charge >= 0.3 is 5.97 Å². The number of carbonyl (C=O) groups is 1. The average Bonchev–Trinajstić information content (AvgIpc) is 2.72. The lowest BCUT2D eigenvalue weighted by atomic mass is 9.88. The maximum Gasteiger partial charge on any atom is 0.354 e. The van der Waals surface area contributed by atoms with E-state index in [-0.39, 0.29) is 5.92 Å². The van der Waals surface area contributed by atoms with Crippen molar-refractivity contribution in [3.63, 3.8) is 0 Å². The molecule has 0 aliphatic carbocycles. The predicted molar refractivity (Wildman–Crippen MR) is 46.0 cm³/mol. The molecule has 1 aliphatic rings. The smallest absolute Gasteiger partial charge is 0.354 e. The third kappa shape index (κ3) is 1.69. The van der Waals surface area contributed by atoms with Gasteiger partial charge in [0.1, 0.15) is 6.10 Å². The first kappa shape index (κ1) is 10.5. The van der Waals surface area contributed by atoms with E-state index in [0.717, 1.165) is 0 Å². The Balaban J connectivity index is 2.57. The van der Waals surface area contributed by atoms with Crippen LogP contribution in [0, 0.1) is 5.92 Å². The standard InChI is InChI=1S/C9H16O4/c1-4-6(10)5(2)7(11)9(3)8(12)13-9/h5-7,10-11H,4H2,1-3H3/t5-,6+,7+,9+/m0/s1. The van der Waals surface area contributed by atoms with Gasteiger partial charge in [-0.3, -0.25) is 0 Å². The van der Waals surface area contributed by atoms with Crippen LogP contribution in [0.25, 0.3) is 0 Å². The van der Waals surface area contributed by atoms with Gasteiger partial charge < -0.3 is 14.9 Å².